The molecule has 0 aromatic rings. The number of nitrogens with two attached hydrogens (primary N) is 1. The molecule has 0 saturated heterocycles. The SMILES string of the molecule is CCC1CCC(N(C)CCCCC(C)(C)CN)CC1. The molecule has 2 heteroatoms. The van der Waals surface area contributed by atoms with E-state index in [2.05, 4.69) is 32.7 Å². The lowest BCUT2D eigenvalue weighted by atomic mass is 9.84. The molecule has 2 nitrogen and oxygen atoms in total. The topological polar surface area (TPSA) is 29.3 Å². The third-order valence-corrected chi connectivity index (χ3v) is 5.18. The van der Waals surface area contributed by atoms with Crippen molar-refractivity contribution in [3.8, 4) is 0 Å². The van der Waals surface area contributed by atoms with E-state index in [9.17, 15) is 0 Å². The van der Waals surface area contributed by atoms with Gasteiger partial charge in [0.15, 0.2) is 0 Å². The molecule has 1 saturated carbocycles. The van der Waals surface area contributed by atoms with Gasteiger partial charge in [-0.15, -0.1) is 0 Å². The molecule has 0 aromatic heterocycles. The van der Waals surface area contributed by atoms with Crippen molar-refractivity contribution < 1.29 is 0 Å². The lowest BCUT2D eigenvalue weighted by Gasteiger charge is -2.34. The number of hydrogen-bond acceptors (Lipinski definition) is 2. The zero-order valence-electron chi connectivity index (χ0n) is 13.8. The van der Waals surface area contributed by atoms with Crippen LogP contribution in [-0.4, -0.2) is 31.1 Å². The maximum atomic E-state index is 5.78. The predicted octanol–water partition coefficient (Wildman–Crippen LogP) is 4.04. The van der Waals surface area contributed by atoms with Crippen LogP contribution in [0.3, 0.4) is 0 Å². The number of unbranched alkanes of at least 4 members (excludes halogenated alkanes) is 1. The molecule has 0 spiro atoms. The maximum Gasteiger partial charge on any atom is 0.00924 e. The van der Waals surface area contributed by atoms with Crippen LogP contribution in [0, 0.1) is 11.3 Å². The Labute approximate surface area is 121 Å². The van der Waals surface area contributed by atoms with Crippen molar-refractivity contribution >= 4 is 0 Å². The van der Waals surface area contributed by atoms with E-state index in [-0.39, 0.29) is 0 Å². The Balaban J connectivity index is 2.13. The van der Waals surface area contributed by atoms with Crippen molar-refractivity contribution in [2.45, 2.75) is 78.2 Å². The first-order chi connectivity index (χ1) is 8.98. The van der Waals surface area contributed by atoms with E-state index in [1.807, 2.05) is 0 Å². The average Bonchev–Trinajstić information content (AvgIpc) is 2.43. The summed E-state index contributed by atoms with van der Waals surface area (Å²) in [4.78, 5) is 2.61. The Morgan fingerprint density at radius 3 is 2.26 bits per heavy atom. The minimum absolute atomic E-state index is 0.331. The second-order valence-electron chi connectivity index (χ2n) is 7.39. The summed E-state index contributed by atoms with van der Waals surface area (Å²) < 4.78 is 0. The zero-order chi connectivity index (χ0) is 14.3. The summed E-state index contributed by atoms with van der Waals surface area (Å²) in [5.41, 5.74) is 6.11. The van der Waals surface area contributed by atoms with Crippen molar-refractivity contribution in [2.75, 3.05) is 20.1 Å². The van der Waals surface area contributed by atoms with Gasteiger partial charge in [0.25, 0.3) is 0 Å². The van der Waals surface area contributed by atoms with Gasteiger partial charge in [-0.05, 0) is 70.0 Å². The van der Waals surface area contributed by atoms with Gasteiger partial charge in [-0.1, -0.05) is 33.6 Å². The van der Waals surface area contributed by atoms with Gasteiger partial charge >= 0.3 is 0 Å². The van der Waals surface area contributed by atoms with Crippen LogP contribution < -0.4 is 5.73 Å². The molecular weight excluding hydrogens is 232 g/mol. The molecule has 0 aliphatic heterocycles. The molecule has 1 aliphatic rings. The molecule has 0 radical (unpaired) electrons. The van der Waals surface area contributed by atoms with E-state index >= 15 is 0 Å². The van der Waals surface area contributed by atoms with E-state index in [1.54, 1.807) is 0 Å². The molecule has 0 bridgehead atoms. The Kier molecular flexibility index (Phi) is 7.38. The van der Waals surface area contributed by atoms with Crippen molar-refractivity contribution in [1.29, 1.82) is 0 Å². The largest absolute Gasteiger partial charge is 0.330 e. The molecule has 1 fully saturated rings. The lowest BCUT2D eigenvalue weighted by molar-refractivity contribution is 0.159. The Morgan fingerprint density at radius 2 is 1.74 bits per heavy atom. The summed E-state index contributed by atoms with van der Waals surface area (Å²) in [5, 5.41) is 0. The minimum atomic E-state index is 0.331. The molecule has 1 aliphatic carbocycles. The molecule has 0 unspecified atom stereocenters. The first-order valence-corrected chi connectivity index (χ1v) is 8.39. The predicted molar refractivity (Wildman–Crippen MR) is 85.4 cm³/mol. The fourth-order valence-corrected chi connectivity index (χ4v) is 3.24. The van der Waals surface area contributed by atoms with Gasteiger partial charge < -0.3 is 10.6 Å². The maximum absolute atomic E-state index is 5.78. The number of hydrogen-bond donors (Lipinski definition) is 1. The monoisotopic (exact) mass is 268 g/mol. The number of nitrogens with zero attached hydrogens (tertiary/aromatic N) is 1. The van der Waals surface area contributed by atoms with Gasteiger partial charge in [-0.25, -0.2) is 0 Å². The van der Waals surface area contributed by atoms with Gasteiger partial charge in [-0.3, -0.25) is 0 Å². The highest BCUT2D eigenvalue weighted by molar-refractivity contribution is 4.78. The summed E-state index contributed by atoms with van der Waals surface area (Å²) in [6, 6.07) is 0.852. The second-order valence-corrected chi connectivity index (χ2v) is 7.39. The van der Waals surface area contributed by atoms with Gasteiger partial charge in [0, 0.05) is 6.04 Å². The molecule has 0 aromatic carbocycles. The quantitative estimate of drug-likeness (QED) is 0.673. The third kappa shape index (κ3) is 6.27. The zero-order valence-corrected chi connectivity index (χ0v) is 13.8. The number of rotatable bonds is 8. The standard InChI is InChI=1S/C17H36N2/c1-5-15-8-10-16(11-9-15)19(4)13-7-6-12-17(2,3)14-18/h15-16H,5-14,18H2,1-4H3. The highest BCUT2D eigenvalue weighted by Crippen LogP contribution is 2.29. The summed E-state index contributed by atoms with van der Waals surface area (Å²) in [5.74, 6) is 1.01. The summed E-state index contributed by atoms with van der Waals surface area (Å²) >= 11 is 0. The van der Waals surface area contributed by atoms with Crippen LogP contribution in [0.15, 0.2) is 0 Å². The first-order valence-electron chi connectivity index (χ1n) is 8.39. The van der Waals surface area contributed by atoms with E-state index < -0.39 is 0 Å². The lowest BCUT2D eigenvalue weighted by Crippen LogP contribution is -2.35. The average molecular weight is 268 g/mol. The fraction of sp³-hybridized carbons (Fsp3) is 1.00. The summed E-state index contributed by atoms with van der Waals surface area (Å²) in [7, 11) is 2.32. The van der Waals surface area contributed by atoms with Gasteiger partial charge in [0.2, 0.25) is 0 Å². The van der Waals surface area contributed by atoms with Crippen LogP contribution in [0.2, 0.25) is 0 Å². The van der Waals surface area contributed by atoms with E-state index in [0.717, 1.165) is 18.5 Å². The highest BCUT2D eigenvalue weighted by atomic mass is 15.1. The Hall–Kier alpha value is -0.0800. The van der Waals surface area contributed by atoms with Crippen molar-refractivity contribution in [3.63, 3.8) is 0 Å². The van der Waals surface area contributed by atoms with Gasteiger partial charge in [0.1, 0.15) is 0 Å². The van der Waals surface area contributed by atoms with Gasteiger partial charge in [-0.2, -0.15) is 0 Å². The van der Waals surface area contributed by atoms with Crippen molar-refractivity contribution in [1.82, 2.24) is 4.90 Å². The molecule has 0 heterocycles. The minimum Gasteiger partial charge on any atom is -0.330 e. The van der Waals surface area contributed by atoms with E-state index in [0.29, 0.717) is 5.41 Å². The molecule has 0 amide bonds. The molecule has 114 valence electrons. The smallest absolute Gasteiger partial charge is 0.00924 e. The molecule has 1 rings (SSSR count). The highest BCUT2D eigenvalue weighted by Gasteiger charge is 2.22. The van der Waals surface area contributed by atoms with Crippen LogP contribution in [-0.2, 0) is 0 Å². The second kappa shape index (κ2) is 8.26. The normalized spacial score (nSPS) is 24.9. The molecule has 2 N–H and O–H groups in total. The van der Waals surface area contributed by atoms with Crippen LogP contribution in [0.4, 0.5) is 0 Å². The molecular formula is C17H36N2. The molecule has 0 atom stereocenters. The van der Waals surface area contributed by atoms with E-state index in [4.69, 9.17) is 5.73 Å². The first kappa shape index (κ1) is 17.0. The van der Waals surface area contributed by atoms with Crippen LogP contribution >= 0.6 is 0 Å². The third-order valence-electron chi connectivity index (χ3n) is 5.18. The van der Waals surface area contributed by atoms with Crippen LogP contribution in [0.25, 0.3) is 0 Å². The Morgan fingerprint density at radius 1 is 1.11 bits per heavy atom. The molecule has 19 heavy (non-hydrogen) atoms. The van der Waals surface area contributed by atoms with E-state index in [1.165, 1.54) is 57.9 Å². The van der Waals surface area contributed by atoms with Crippen LogP contribution in [0.1, 0.15) is 72.1 Å². The van der Waals surface area contributed by atoms with Gasteiger partial charge in [0.05, 0.1) is 0 Å². The van der Waals surface area contributed by atoms with Crippen LogP contribution in [0.5, 0.6) is 0 Å². The summed E-state index contributed by atoms with van der Waals surface area (Å²) in [6.07, 6.45) is 11.0. The Bertz CT molecular complexity index is 229. The van der Waals surface area contributed by atoms with Crippen molar-refractivity contribution in [2.24, 2.45) is 17.1 Å². The van der Waals surface area contributed by atoms with Crippen molar-refractivity contribution in [3.05, 3.63) is 0 Å². The fourth-order valence-electron chi connectivity index (χ4n) is 3.24. The summed E-state index contributed by atoms with van der Waals surface area (Å²) in [6.45, 7) is 8.98.